The van der Waals surface area contributed by atoms with Crippen LogP contribution < -0.4 is 0 Å². The van der Waals surface area contributed by atoms with Crippen molar-refractivity contribution in [1.82, 2.24) is 0 Å². The van der Waals surface area contributed by atoms with Crippen molar-refractivity contribution >= 4 is 25.7 Å². The third kappa shape index (κ3) is 8.28. The zero-order valence-corrected chi connectivity index (χ0v) is 29.8. The van der Waals surface area contributed by atoms with E-state index in [9.17, 15) is 0 Å². The number of rotatable bonds is 9. The monoisotopic (exact) mass is 600 g/mol. The molecule has 4 rings (SSSR count). The second-order valence-corrected chi connectivity index (χ2v) is 26.5. The van der Waals surface area contributed by atoms with Gasteiger partial charge in [-0.25, -0.2) is 0 Å². The fourth-order valence-electron chi connectivity index (χ4n) is 7.02. The minimum Gasteiger partial charge on any atom is -0.412 e. The highest BCUT2D eigenvalue weighted by Gasteiger charge is 2.70. The van der Waals surface area contributed by atoms with Gasteiger partial charge in [0.2, 0.25) is 0 Å². The highest BCUT2D eigenvalue weighted by atomic mass is 28.5. The summed E-state index contributed by atoms with van der Waals surface area (Å²) in [6.07, 6.45) is 16.5. The van der Waals surface area contributed by atoms with Gasteiger partial charge < -0.3 is 26.6 Å². The van der Waals surface area contributed by atoms with Crippen LogP contribution in [0.4, 0.5) is 0 Å². The normalized spacial score (nSPS) is 34.4. The first kappa shape index (κ1) is 32.3. The molecule has 0 amide bonds. The summed E-state index contributed by atoms with van der Waals surface area (Å²) in [5, 5.41) is 0. The summed E-state index contributed by atoms with van der Waals surface area (Å²) in [7, 11) is -8.53. The Hall–Kier alpha value is 0.411. The summed E-state index contributed by atoms with van der Waals surface area (Å²) < 4.78 is 43.3. The average molecular weight is 601 g/mol. The minimum atomic E-state index is -2.84. The van der Waals surface area contributed by atoms with E-state index >= 15 is 0 Å². The second kappa shape index (κ2) is 12.2. The average Bonchev–Trinajstić information content (AvgIpc) is 3.62. The molecule has 3 aliphatic carbocycles. The summed E-state index contributed by atoms with van der Waals surface area (Å²) in [6.45, 7) is 19.5. The van der Waals surface area contributed by atoms with Gasteiger partial charge in [0, 0.05) is 16.6 Å². The van der Waals surface area contributed by atoms with Gasteiger partial charge in [-0.1, -0.05) is 38.5 Å². The lowest BCUT2D eigenvalue weighted by atomic mass is 10.2. The van der Waals surface area contributed by atoms with Gasteiger partial charge >= 0.3 is 25.7 Å². The molecule has 1 aliphatic heterocycles. The molecular formula is C30H60O6Si3. The molecule has 4 fully saturated rings. The van der Waals surface area contributed by atoms with E-state index < -0.39 is 25.7 Å². The molecule has 3 saturated carbocycles. The van der Waals surface area contributed by atoms with Crippen molar-refractivity contribution in [2.75, 3.05) is 18.7 Å². The molecule has 0 spiro atoms. The van der Waals surface area contributed by atoms with Crippen LogP contribution in [0.15, 0.2) is 0 Å². The summed E-state index contributed by atoms with van der Waals surface area (Å²) in [4.78, 5) is 0. The molecule has 0 N–H and O–H groups in total. The van der Waals surface area contributed by atoms with Crippen LogP contribution in [0.5, 0.6) is 0 Å². The molecule has 0 atom stereocenters. The first-order valence-electron chi connectivity index (χ1n) is 16.1. The molecule has 228 valence electrons. The lowest BCUT2D eigenvalue weighted by molar-refractivity contribution is -0.0191. The molecule has 1 saturated heterocycles. The van der Waals surface area contributed by atoms with Crippen LogP contribution >= 0.6 is 0 Å². The van der Waals surface area contributed by atoms with Crippen LogP contribution in [-0.4, -0.2) is 61.2 Å². The molecule has 0 aromatic rings. The van der Waals surface area contributed by atoms with Crippen LogP contribution in [0.1, 0.15) is 139 Å². The van der Waals surface area contributed by atoms with Crippen molar-refractivity contribution in [2.24, 2.45) is 0 Å². The Morgan fingerprint density at radius 2 is 0.641 bits per heavy atom. The fraction of sp³-hybridized carbons (Fsp3) is 1.00. The summed E-state index contributed by atoms with van der Waals surface area (Å²) in [6, 6.07) is 0. The first-order valence-corrected chi connectivity index (χ1v) is 22.4. The molecule has 0 bridgehead atoms. The van der Waals surface area contributed by atoms with E-state index in [2.05, 4.69) is 62.3 Å². The third-order valence-corrected chi connectivity index (χ3v) is 24.5. The maximum atomic E-state index is 7.73. The van der Waals surface area contributed by atoms with E-state index in [1.165, 1.54) is 77.0 Å². The topological polar surface area (TPSA) is 55.4 Å². The van der Waals surface area contributed by atoms with Crippen LogP contribution in [-0.2, 0) is 26.6 Å². The van der Waals surface area contributed by atoms with E-state index in [-0.39, 0.29) is 16.8 Å². The zero-order chi connectivity index (χ0) is 28.6. The summed E-state index contributed by atoms with van der Waals surface area (Å²) in [5.41, 5.74) is 0.618. The maximum Gasteiger partial charge on any atom is 0.350 e. The lowest BCUT2D eigenvalue weighted by Gasteiger charge is -2.58. The molecule has 0 aromatic heterocycles. The van der Waals surface area contributed by atoms with Crippen molar-refractivity contribution < 1.29 is 26.6 Å². The zero-order valence-electron chi connectivity index (χ0n) is 26.8. The van der Waals surface area contributed by atoms with Gasteiger partial charge in [0.1, 0.15) is 0 Å². The van der Waals surface area contributed by atoms with Gasteiger partial charge in [0.05, 0.1) is 35.5 Å². The molecule has 6 nitrogen and oxygen atoms in total. The van der Waals surface area contributed by atoms with Crippen molar-refractivity contribution in [3.05, 3.63) is 0 Å². The first-order chi connectivity index (χ1) is 18.1. The Morgan fingerprint density at radius 1 is 0.436 bits per heavy atom. The standard InChI is InChI=1S/C30H60O6Si3/c1-28(2,3)31-22-37(25-16-10-11-17-25)34-38(23-32-29(4,5)6,26-18-12-13-19-26)36-39(35-37,24-33-30(7,8)9)27-20-14-15-21-27/h25-27H,10-24H2,1-9H3. The summed E-state index contributed by atoms with van der Waals surface area (Å²) in [5.74, 6) is 0. The molecule has 39 heavy (non-hydrogen) atoms. The Kier molecular flexibility index (Phi) is 10.1. The fourth-order valence-corrected chi connectivity index (χ4v) is 27.5. The highest BCUT2D eigenvalue weighted by Crippen LogP contribution is 2.55. The van der Waals surface area contributed by atoms with Crippen LogP contribution in [0.3, 0.4) is 0 Å². The molecule has 4 aliphatic rings. The second-order valence-electron chi connectivity index (χ2n) is 15.9. The van der Waals surface area contributed by atoms with Gasteiger partial charge in [0.15, 0.2) is 0 Å². The Balaban J connectivity index is 1.85. The Bertz CT molecular complexity index is 673. The Labute approximate surface area is 243 Å². The smallest absolute Gasteiger partial charge is 0.350 e. The van der Waals surface area contributed by atoms with E-state index in [0.717, 1.165) is 0 Å². The van der Waals surface area contributed by atoms with Crippen LogP contribution in [0.25, 0.3) is 0 Å². The largest absolute Gasteiger partial charge is 0.412 e. The van der Waals surface area contributed by atoms with Crippen molar-refractivity contribution in [3.63, 3.8) is 0 Å². The van der Waals surface area contributed by atoms with Gasteiger partial charge in [-0.05, 0) is 101 Å². The quantitative estimate of drug-likeness (QED) is 0.248. The van der Waals surface area contributed by atoms with Crippen molar-refractivity contribution in [2.45, 2.75) is 173 Å². The van der Waals surface area contributed by atoms with Gasteiger partial charge in [-0.15, -0.1) is 0 Å². The van der Waals surface area contributed by atoms with Crippen LogP contribution in [0, 0.1) is 0 Å². The number of hydrogen-bond donors (Lipinski definition) is 0. The van der Waals surface area contributed by atoms with Crippen molar-refractivity contribution in [1.29, 1.82) is 0 Å². The molecule has 0 radical (unpaired) electrons. The molecule has 9 heteroatoms. The molecule has 0 unspecified atom stereocenters. The molecule has 1 heterocycles. The van der Waals surface area contributed by atoms with Crippen LogP contribution in [0.2, 0.25) is 16.6 Å². The van der Waals surface area contributed by atoms with E-state index in [1.54, 1.807) is 0 Å². The number of hydrogen-bond acceptors (Lipinski definition) is 6. The minimum absolute atomic E-state index is 0.247. The van der Waals surface area contributed by atoms with E-state index in [1.807, 2.05) is 0 Å². The van der Waals surface area contributed by atoms with Gasteiger partial charge in [-0.3, -0.25) is 0 Å². The Morgan fingerprint density at radius 3 is 0.821 bits per heavy atom. The van der Waals surface area contributed by atoms with Gasteiger partial charge in [-0.2, -0.15) is 0 Å². The SMILES string of the molecule is CC(C)(C)OC[Si]1(C2CCCC2)O[Si](COC(C)(C)C)(C2CCCC2)O[Si](COC(C)(C)C)(C2CCCC2)O1. The summed E-state index contributed by atoms with van der Waals surface area (Å²) >= 11 is 0. The van der Waals surface area contributed by atoms with E-state index in [4.69, 9.17) is 26.6 Å². The lowest BCUT2D eigenvalue weighted by Crippen LogP contribution is -2.78. The maximum absolute atomic E-state index is 7.73. The molecule has 0 aromatic carbocycles. The van der Waals surface area contributed by atoms with E-state index in [0.29, 0.717) is 35.3 Å². The third-order valence-electron chi connectivity index (χ3n) is 9.09. The number of ether oxygens (including phenoxy) is 3. The predicted octanol–water partition coefficient (Wildman–Crippen LogP) is 8.27. The predicted molar refractivity (Wildman–Crippen MR) is 164 cm³/mol. The highest BCUT2D eigenvalue weighted by molar-refractivity contribution is 6.96. The van der Waals surface area contributed by atoms with Crippen molar-refractivity contribution in [3.8, 4) is 0 Å². The molecular weight excluding hydrogens is 541 g/mol. The van der Waals surface area contributed by atoms with Gasteiger partial charge in [0.25, 0.3) is 0 Å².